The van der Waals surface area contributed by atoms with E-state index < -0.39 is 23.3 Å². The maximum absolute atomic E-state index is 12.4. The molecule has 6 heteroatoms. The Kier molecular flexibility index (Phi) is 5.84. The molecule has 1 N–H and O–H groups in total. The van der Waals surface area contributed by atoms with Crippen LogP contribution in [0.3, 0.4) is 0 Å². The van der Waals surface area contributed by atoms with Crippen molar-refractivity contribution in [1.29, 1.82) is 0 Å². The van der Waals surface area contributed by atoms with Crippen LogP contribution in [0.1, 0.15) is 54.9 Å². The minimum Gasteiger partial charge on any atom is -0.459 e. The zero-order valence-electron chi connectivity index (χ0n) is 14.9. The van der Waals surface area contributed by atoms with Gasteiger partial charge in [-0.25, -0.2) is 4.79 Å². The van der Waals surface area contributed by atoms with Crippen molar-refractivity contribution >= 4 is 12.1 Å². The lowest BCUT2D eigenvalue weighted by atomic mass is 10.1. The molecule has 1 heterocycles. The fourth-order valence-corrected chi connectivity index (χ4v) is 2.33. The predicted octanol–water partition coefficient (Wildman–Crippen LogP) is 2.32. The summed E-state index contributed by atoms with van der Waals surface area (Å²) in [6, 6.07) is 0.256. The Balaban J connectivity index is 2.78. The molecule has 0 aromatic carbocycles. The van der Waals surface area contributed by atoms with E-state index in [4.69, 9.17) is 9.47 Å². The van der Waals surface area contributed by atoms with Crippen LogP contribution >= 0.6 is 0 Å². The van der Waals surface area contributed by atoms with Gasteiger partial charge >= 0.3 is 12.1 Å². The van der Waals surface area contributed by atoms with E-state index in [1.165, 1.54) is 4.90 Å². The second kappa shape index (κ2) is 6.86. The Morgan fingerprint density at radius 2 is 1.64 bits per heavy atom. The summed E-state index contributed by atoms with van der Waals surface area (Å²) in [6.07, 6.45) is 0.321. The maximum Gasteiger partial charge on any atom is 0.411 e. The normalized spacial score (nSPS) is 22.3. The SMILES string of the molecule is CC1CC(N(CC(=O)OC(C)(C)C)C(=O)OC(C)(C)C)CN1. The fraction of sp³-hybridized carbons (Fsp3) is 0.875. The second-order valence-corrected chi connectivity index (χ2v) is 7.89. The van der Waals surface area contributed by atoms with Gasteiger partial charge in [0.05, 0.1) is 0 Å². The van der Waals surface area contributed by atoms with Gasteiger partial charge in [-0.3, -0.25) is 9.69 Å². The number of carbonyl (C=O) groups is 2. The second-order valence-electron chi connectivity index (χ2n) is 7.89. The van der Waals surface area contributed by atoms with Gasteiger partial charge in [0.1, 0.15) is 17.7 Å². The Labute approximate surface area is 133 Å². The van der Waals surface area contributed by atoms with Crippen LogP contribution in [0.4, 0.5) is 4.79 Å². The third-order valence-corrected chi connectivity index (χ3v) is 3.12. The number of hydrogen-bond acceptors (Lipinski definition) is 5. The number of rotatable bonds is 3. The van der Waals surface area contributed by atoms with Crippen LogP contribution in [0.5, 0.6) is 0 Å². The van der Waals surface area contributed by atoms with E-state index in [1.54, 1.807) is 0 Å². The standard InChI is InChI=1S/C16H30N2O4/c1-11-8-12(9-17-11)18(14(20)22-16(5,6)7)10-13(19)21-15(2,3)4/h11-12,17H,8-10H2,1-7H3. The van der Waals surface area contributed by atoms with E-state index in [0.717, 1.165) is 6.42 Å². The van der Waals surface area contributed by atoms with E-state index in [1.807, 2.05) is 41.5 Å². The molecule has 1 amide bonds. The van der Waals surface area contributed by atoms with Crippen molar-refractivity contribution in [2.75, 3.05) is 13.1 Å². The summed E-state index contributed by atoms with van der Waals surface area (Å²) in [5, 5.41) is 3.29. The quantitative estimate of drug-likeness (QED) is 0.810. The summed E-state index contributed by atoms with van der Waals surface area (Å²) < 4.78 is 10.8. The molecular formula is C16H30N2O4. The number of nitrogens with zero attached hydrogens (tertiary/aromatic N) is 1. The minimum absolute atomic E-state index is 0.0580. The smallest absolute Gasteiger partial charge is 0.411 e. The molecule has 6 nitrogen and oxygen atoms in total. The molecule has 0 radical (unpaired) electrons. The van der Waals surface area contributed by atoms with E-state index in [-0.39, 0.29) is 12.6 Å². The molecule has 1 rings (SSSR count). The van der Waals surface area contributed by atoms with E-state index in [2.05, 4.69) is 12.2 Å². The van der Waals surface area contributed by atoms with Gasteiger partial charge in [0.15, 0.2) is 0 Å². The first-order valence-corrected chi connectivity index (χ1v) is 7.82. The molecule has 0 bridgehead atoms. The van der Waals surface area contributed by atoms with Gasteiger partial charge in [-0.1, -0.05) is 0 Å². The Bertz CT molecular complexity index is 409. The summed E-state index contributed by atoms with van der Waals surface area (Å²) in [7, 11) is 0. The monoisotopic (exact) mass is 314 g/mol. The highest BCUT2D eigenvalue weighted by molar-refractivity contribution is 5.78. The first-order chi connectivity index (χ1) is 9.87. The van der Waals surface area contributed by atoms with Gasteiger partial charge in [-0.2, -0.15) is 0 Å². The third-order valence-electron chi connectivity index (χ3n) is 3.12. The zero-order valence-corrected chi connectivity index (χ0v) is 14.9. The molecular weight excluding hydrogens is 284 g/mol. The van der Waals surface area contributed by atoms with Gasteiger partial charge in [0.25, 0.3) is 0 Å². The lowest BCUT2D eigenvalue weighted by Gasteiger charge is -2.31. The average molecular weight is 314 g/mol. The van der Waals surface area contributed by atoms with Gasteiger partial charge in [-0.05, 0) is 54.9 Å². The average Bonchev–Trinajstić information content (AvgIpc) is 2.67. The van der Waals surface area contributed by atoms with Crippen molar-refractivity contribution in [3.05, 3.63) is 0 Å². The molecule has 2 atom stereocenters. The molecule has 0 saturated carbocycles. The van der Waals surface area contributed by atoms with Crippen LogP contribution in [-0.4, -0.2) is 53.3 Å². The van der Waals surface area contributed by atoms with Gasteiger partial charge in [-0.15, -0.1) is 0 Å². The van der Waals surface area contributed by atoms with Crippen LogP contribution in [0.2, 0.25) is 0 Å². The van der Waals surface area contributed by atoms with Gasteiger partial charge in [0.2, 0.25) is 0 Å². The topological polar surface area (TPSA) is 67.9 Å². The third kappa shape index (κ3) is 6.64. The van der Waals surface area contributed by atoms with Gasteiger partial charge in [0, 0.05) is 18.6 Å². The summed E-state index contributed by atoms with van der Waals surface area (Å²) in [5.74, 6) is -0.419. The molecule has 0 aromatic rings. The van der Waals surface area contributed by atoms with Crippen LogP contribution in [0.25, 0.3) is 0 Å². The fourth-order valence-electron chi connectivity index (χ4n) is 2.33. The maximum atomic E-state index is 12.4. The van der Waals surface area contributed by atoms with Crippen molar-refractivity contribution in [3.63, 3.8) is 0 Å². The summed E-state index contributed by atoms with van der Waals surface area (Å²) in [5.41, 5.74) is -1.17. The van der Waals surface area contributed by atoms with Crippen molar-refractivity contribution in [2.45, 2.75) is 78.2 Å². The zero-order chi connectivity index (χ0) is 17.1. The Morgan fingerprint density at radius 1 is 1.09 bits per heavy atom. The van der Waals surface area contributed by atoms with E-state index in [9.17, 15) is 9.59 Å². The molecule has 2 unspecified atom stereocenters. The Hall–Kier alpha value is -1.30. The Morgan fingerprint density at radius 3 is 2.05 bits per heavy atom. The van der Waals surface area contributed by atoms with Crippen molar-refractivity contribution in [1.82, 2.24) is 10.2 Å². The molecule has 1 saturated heterocycles. The highest BCUT2D eigenvalue weighted by Gasteiger charge is 2.34. The first-order valence-electron chi connectivity index (χ1n) is 7.82. The molecule has 1 aliphatic heterocycles. The minimum atomic E-state index is -0.596. The number of hydrogen-bond donors (Lipinski definition) is 1. The van der Waals surface area contributed by atoms with Crippen molar-refractivity contribution < 1.29 is 19.1 Å². The lowest BCUT2D eigenvalue weighted by molar-refractivity contribution is -0.156. The van der Waals surface area contributed by atoms with E-state index >= 15 is 0 Å². The van der Waals surface area contributed by atoms with Crippen LogP contribution < -0.4 is 5.32 Å². The number of esters is 1. The lowest BCUT2D eigenvalue weighted by Crippen LogP contribution is -2.47. The summed E-state index contributed by atoms with van der Waals surface area (Å²) >= 11 is 0. The first kappa shape index (κ1) is 18.7. The number of amides is 1. The molecule has 1 aliphatic rings. The number of carbonyl (C=O) groups excluding carboxylic acids is 2. The molecule has 1 fully saturated rings. The van der Waals surface area contributed by atoms with Crippen molar-refractivity contribution in [3.8, 4) is 0 Å². The summed E-state index contributed by atoms with van der Waals surface area (Å²) in [6.45, 7) is 13.5. The molecule has 22 heavy (non-hydrogen) atoms. The highest BCUT2D eigenvalue weighted by atomic mass is 16.6. The number of ether oxygens (including phenoxy) is 2. The largest absolute Gasteiger partial charge is 0.459 e. The molecule has 0 spiro atoms. The molecule has 128 valence electrons. The van der Waals surface area contributed by atoms with Crippen molar-refractivity contribution in [2.24, 2.45) is 0 Å². The van der Waals surface area contributed by atoms with Crippen LogP contribution in [-0.2, 0) is 14.3 Å². The van der Waals surface area contributed by atoms with Gasteiger partial charge < -0.3 is 14.8 Å². The molecule has 0 aliphatic carbocycles. The highest BCUT2D eigenvalue weighted by Crippen LogP contribution is 2.18. The van der Waals surface area contributed by atoms with Crippen LogP contribution in [0, 0.1) is 0 Å². The molecule has 0 aromatic heterocycles. The predicted molar refractivity (Wildman–Crippen MR) is 84.7 cm³/mol. The van der Waals surface area contributed by atoms with E-state index in [0.29, 0.717) is 12.6 Å². The van der Waals surface area contributed by atoms with Crippen LogP contribution in [0.15, 0.2) is 0 Å². The number of nitrogens with one attached hydrogen (secondary N) is 1. The summed E-state index contributed by atoms with van der Waals surface area (Å²) in [4.78, 5) is 26.0.